The van der Waals surface area contributed by atoms with E-state index in [-0.39, 0.29) is 47.6 Å². The molecule has 2 aliphatic rings. The molecule has 7 nitrogen and oxygen atoms in total. The number of fused-ring (bicyclic) bond motifs is 5. The lowest BCUT2D eigenvalue weighted by Gasteiger charge is -2.21. The van der Waals surface area contributed by atoms with Gasteiger partial charge in [0.15, 0.2) is 0 Å². The molecular formula is C29H26F5NO6S. The number of aliphatic carboxylic acids is 1. The summed E-state index contributed by atoms with van der Waals surface area (Å²) in [6.45, 7) is -0.638. The van der Waals surface area contributed by atoms with Crippen LogP contribution < -0.4 is 9.47 Å². The molecular weight excluding hydrogens is 585 g/mol. The van der Waals surface area contributed by atoms with Crippen molar-refractivity contribution in [2.24, 2.45) is 5.92 Å². The molecule has 2 aromatic carbocycles. The van der Waals surface area contributed by atoms with Crippen LogP contribution in [0.5, 0.6) is 11.6 Å². The van der Waals surface area contributed by atoms with Crippen LogP contribution in [0.25, 0.3) is 11.1 Å². The van der Waals surface area contributed by atoms with Crippen molar-refractivity contribution in [1.82, 2.24) is 4.98 Å². The number of carboxylic acid groups (broad SMARTS) is 1. The van der Waals surface area contributed by atoms with Crippen molar-refractivity contribution < 1.29 is 49.7 Å². The van der Waals surface area contributed by atoms with Gasteiger partial charge in [0.1, 0.15) is 33.8 Å². The number of sulfone groups is 1. The third-order valence-corrected chi connectivity index (χ3v) is 8.70. The summed E-state index contributed by atoms with van der Waals surface area (Å²) in [5.74, 6) is -3.93. The zero-order chi connectivity index (χ0) is 30.4. The van der Waals surface area contributed by atoms with Crippen LogP contribution in [-0.2, 0) is 27.4 Å². The van der Waals surface area contributed by atoms with Crippen LogP contribution in [0.3, 0.4) is 0 Å². The minimum Gasteiger partial charge on any atom is -0.493 e. The number of halogens is 5. The third-order valence-electron chi connectivity index (χ3n) is 7.67. The van der Waals surface area contributed by atoms with E-state index >= 15 is 4.39 Å². The van der Waals surface area contributed by atoms with Gasteiger partial charge in [-0.05, 0) is 66.0 Å². The van der Waals surface area contributed by atoms with Gasteiger partial charge in [-0.15, -0.1) is 0 Å². The van der Waals surface area contributed by atoms with E-state index in [2.05, 4.69) is 4.98 Å². The van der Waals surface area contributed by atoms with Crippen LogP contribution in [0.1, 0.15) is 53.4 Å². The van der Waals surface area contributed by atoms with E-state index in [1.165, 1.54) is 0 Å². The van der Waals surface area contributed by atoms with Gasteiger partial charge >= 0.3 is 12.1 Å². The van der Waals surface area contributed by atoms with Crippen LogP contribution in [-0.4, -0.2) is 43.1 Å². The first kappa shape index (κ1) is 29.7. The number of rotatable bonds is 10. The second-order valence-electron chi connectivity index (χ2n) is 10.6. The van der Waals surface area contributed by atoms with Crippen molar-refractivity contribution in [3.05, 3.63) is 76.5 Å². The fraction of sp³-hybridized carbons (Fsp3) is 0.379. The van der Waals surface area contributed by atoms with Crippen LogP contribution in [0.15, 0.2) is 42.6 Å². The van der Waals surface area contributed by atoms with Gasteiger partial charge in [-0.2, -0.15) is 13.2 Å². The Morgan fingerprint density at radius 3 is 2.50 bits per heavy atom. The lowest BCUT2D eigenvalue weighted by Crippen LogP contribution is -2.20. The fourth-order valence-electron chi connectivity index (χ4n) is 5.80. The fourth-order valence-corrected chi connectivity index (χ4v) is 6.44. The number of hydrogen-bond donors (Lipinski definition) is 1. The van der Waals surface area contributed by atoms with Gasteiger partial charge in [0.2, 0.25) is 5.88 Å². The maximum atomic E-state index is 15.1. The number of alkyl halides is 3. The van der Waals surface area contributed by atoms with Gasteiger partial charge in [0, 0.05) is 35.7 Å². The molecule has 2 aliphatic carbocycles. The summed E-state index contributed by atoms with van der Waals surface area (Å²) in [4.78, 5) is 15.7. The van der Waals surface area contributed by atoms with Crippen molar-refractivity contribution in [1.29, 1.82) is 0 Å². The SMILES string of the molecule is CS(=O)(=O)CCCOc1cc(F)c(-c2ccc(F)c(COc3cc4c(cn3)[C@H]3CC4C[C@@H]3C(=O)O)c2)c(C(F)(F)F)c1. The van der Waals surface area contributed by atoms with Gasteiger partial charge in [0.25, 0.3) is 0 Å². The van der Waals surface area contributed by atoms with Crippen LogP contribution in [0.2, 0.25) is 0 Å². The Balaban J connectivity index is 1.36. The first-order chi connectivity index (χ1) is 19.7. The Kier molecular flexibility index (Phi) is 7.90. The molecule has 5 rings (SSSR count). The van der Waals surface area contributed by atoms with E-state index in [0.717, 1.165) is 41.6 Å². The van der Waals surface area contributed by atoms with E-state index in [4.69, 9.17) is 9.47 Å². The highest BCUT2D eigenvalue weighted by molar-refractivity contribution is 7.90. The highest BCUT2D eigenvalue weighted by Gasteiger charge is 2.47. The van der Waals surface area contributed by atoms with Gasteiger partial charge in [-0.25, -0.2) is 22.2 Å². The van der Waals surface area contributed by atoms with Crippen molar-refractivity contribution in [3.63, 3.8) is 0 Å². The molecule has 0 radical (unpaired) electrons. The number of nitrogens with zero attached hydrogens (tertiary/aromatic N) is 1. The molecule has 3 atom stereocenters. The predicted molar refractivity (Wildman–Crippen MR) is 141 cm³/mol. The summed E-state index contributed by atoms with van der Waals surface area (Å²) in [7, 11) is -3.30. The summed E-state index contributed by atoms with van der Waals surface area (Å²) in [6.07, 6.45) is -1.22. The number of pyridine rings is 1. The molecule has 42 heavy (non-hydrogen) atoms. The third kappa shape index (κ3) is 6.20. The zero-order valence-corrected chi connectivity index (χ0v) is 23.1. The maximum absolute atomic E-state index is 15.1. The molecule has 1 heterocycles. The average Bonchev–Trinajstić information content (AvgIpc) is 3.49. The van der Waals surface area contributed by atoms with Crippen LogP contribution in [0, 0.1) is 17.6 Å². The molecule has 1 fully saturated rings. The quantitative estimate of drug-likeness (QED) is 0.218. The van der Waals surface area contributed by atoms with Crippen molar-refractivity contribution in [3.8, 4) is 22.8 Å². The zero-order valence-electron chi connectivity index (χ0n) is 22.2. The van der Waals surface area contributed by atoms with Crippen molar-refractivity contribution in [2.75, 3.05) is 18.6 Å². The summed E-state index contributed by atoms with van der Waals surface area (Å²) in [6, 6.07) is 6.09. The lowest BCUT2D eigenvalue weighted by atomic mass is 9.85. The minimum atomic E-state index is -4.99. The number of carbonyl (C=O) groups is 1. The van der Waals surface area contributed by atoms with E-state index in [1.54, 1.807) is 12.3 Å². The highest BCUT2D eigenvalue weighted by atomic mass is 32.2. The summed E-state index contributed by atoms with van der Waals surface area (Å²) >= 11 is 0. The van der Waals surface area contributed by atoms with Crippen LogP contribution in [0.4, 0.5) is 22.0 Å². The Bertz CT molecular complexity index is 1640. The standard InChI is InChI=1S/C29H26F5NO6S/c1-42(38,39)6-2-5-40-18-10-23(29(32,33)34)27(25(31)11-18)15-3-4-24(30)17(7-15)14-41-26-12-19-16-8-20(22(19)13-35-26)21(9-16)28(36)37/h3-4,7,10-13,16,20-21H,2,5-6,8-9,14H2,1H3,(H,36,37)/t16?,20-,21-/m0/s1. The summed E-state index contributed by atoms with van der Waals surface area (Å²) < 4.78 is 105. The molecule has 1 N–H and O–H groups in total. The molecule has 13 heteroatoms. The summed E-state index contributed by atoms with van der Waals surface area (Å²) in [5.41, 5.74) is -0.733. The number of hydrogen-bond acceptors (Lipinski definition) is 6. The molecule has 1 aromatic heterocycles. The number of aromatic nitrogens is 1. The molecule has 224 valence electrons. The minimum absolute atomic E-state index is 0.00798. The van der Waals surface area contributed by atoms with Gasteiger partial charge in [0.05, 0.1) is 23.8 Å². The predicted octanol–water partition coefficient (Wildman–Crippen LogP) is 6.11. The molecule has 2 bridgehead atoms. The van der Waals surface area contributed by atoms with Gasteiger partial charge < -0.3 is 14.6 Å². The number of ether oxygens (including phenoxy) is 2. The Hall–Kier alpha value is -3.74. The largest absolute Gasteiger partial charge is 0.493 e. The number of carboxylic acids is 1. The normalized spacial score (nSPS) is 19.5. The van der Waals surface area contributed by atoms with Crippen molar-refractivity contribution in [2.45, 2.75) is 43.9 Å². The first-order valence-corrected chi connectivity index (χ1v) is 15.1. The average molecular weight is 612 g/mol. The maximum Gasteiger partial charge on any atom is 0.417 e. The Morgan fingerprint density at radius 1 is 1.05 bits per heavy atom. The van der Waals surface area contributed by atoms with Gasteiger partial charge in [-0.1, -0.05) is 6.07 Å². The summed E-state index contributed by atoms with van der Waals surface area (Å²) in [5, 5.41) is 9.43. The molecule has 0 aliphatic heterocycles. The van der Waals surface area contributed by atoms with E-state index in [0.29, 0.717) is 18.9 Å². The molecule has 0 spiro atoms. The highest BCUT2D eigenvalue weighted by Crippen LogP contribution is 2.56. The Morgan fingerprint density at radius 2 is 1.81 bits per heavy atom. The monoisotopic (exact) mass is 611 g/mol. The smallest absolute Gasteiger partial charge is 0.417 e. The molecule has 0 amide bonds. The van der Waals surface area contributed by atoms with Crippen molar-refractivity contribution >= 4 is 15.8 Å². The molecule has 1 unspecified atom stereocenters. The molecule has 0 saturated heterocycles. The lowest BCUT2D eigenvalue weighted by molar-refractivity contribution is -0.142. The topological polar surface area (TPSA) is 103 Å². The van der Waals surface area contributed by atoms with E-state index in [9.17, 15) is 35.9 Å². The van der Waals surface area contributed by atoms with E-state index in [1.807, 2.05) is 0 Å². The van der Waals surface area contributed by atoms with E-state index < -0.39 is 63.0 Å². The number of benzene rings is 2. The van der Waals surface area contributed by atoms with Gasteiger partial charge in [-0.3, -0.25) is 4.79 Å². The second kappa shape index (κ2) is 11.2. The molecule has 3 aromatic rings. The second-order valence-corrected chi connectivity index (χ2v) is 12.9. The Labute approximate surface area is 238 Å². The van der Waals surface area contributed by atoms with Crippen LogP contribution >= 0.6 is 0 Å². The first-order valence-electron chi connectivity index (χ1n) is 13.1. The molecule has 1 saturated carbocycles.